The molecule has 0 spiro atoms. The summed E-state index contributed by atoms with van der Waals surface area (Å²) in [5, 5.41) is 4.46. The number of pyridine rings is 3. The van der Waals surface area contributed by atoms with E-state index in [0.29, 0.717) is 18.1 Å². The molecule has 0 aliphatic heterocycles. The average Bonchev–Trinajstić information content (AvgIpc) is 2.68. The summed E-state index contributed by atoms with van der Waals surface area (Å²) >= 11 is 0. The quantitative estimate of drug-likeness (QED) is 0.582. The number of rotatable bonds is 4. The monoisotopic (exact) mass is 341 g/mol. The Bertz CT molecular complexity index is 1060. The zero-order valence-corrected chi connectivity index (χ0v) is 14.5. The van der Waals surface area contributed by atoms with Crippen molar-refractivity contribution >= 4 is 22.4 Å². The van der Waals surface area contributed by atoms with Gasteiger partial charge in [0.05, 0.1) is 16.9 Å². The molecule has 0 radical (unpaired) electrons. The molecule has 0 saturated heterocycles. The Hall–Kier alpha value is -3.47. The molecular weight excluding hydrogens is 322 g/mol. The first-order valence-electron chi connectivity index (χ1n) is 8.46. The molecule has 0 saturated carbocycles. The minimum atomic E-state index is 0.622. The molecule has 1 aromatic carbocycles. The topological polar surface area (TPSA) is 76.7 Å². The van der Waals surface area contributed by atoms with Gasteiger partial charge in [-0.1, -0.05) is 12.1 Å². The van der Waals surface area contributed by atoms with Gasteiger partial charge in [-0.05, 0) is 55.0 Å². The summed E-state index contributed by atoms with van der Waals surface area (Å²) in [6.07, 6.45) is 3.63. The molecule has 128 valence electrons. The lowest BCUT2D eigenvalue weighted by Gasteiger charge is -2.11. The fraction of sp³-hybridized carbons (Fsp3) is 0.0952. The molecule has 3 aromatic heterocycles. The number of nitrogens with one attached hydrogen (secondary N) is 1. The Balaban J connectivity index is 1.57. The molecule has 0 bridgehead atoms. The third kappa shape index (κ3) is 3.32. The Morgan fingerprint density at radius 2 is 1.92 bits per heavy atom. The van der Waals surface area contributed by atoms with Crippen LogP contribution >= 0.6 is 0 Å². The van der Waals surface area contributed by atoms with Crippen LogP contribution in [-0.4, -0.2) is 15.0 Å². The lowest BCUT2D eigenvalue weighted by molar-refractivity contribution is 1.11. The van der Waals surface area contributed by atoms with E-state index in [-0.39, 0.29) is 0 Å². The second-order valence-corrected chi connectivity index (χ2v) is 6.21. The molecule has 5 nitrogen and oxygen atoms in total. The van der Waals surface area contributed by atoms with Gasteiger partial charge in [0.1, 0.15) is 5.82 Å². The average molecular weight is 341 g/mol. The van der Waals surface area contributed by atoms with E-state index in [1.807, 2.05) is 49.5 Å². The number of benzene rings is 1. The number of nitrogens with two attached hydrogens (primary N) is 1. The summed E-state index contributed by atoms with van der Waals surface area (Å²) in [6, 6.07) is 18.0. The van der Waals surface area contributed by atoms with Crippen LogP contribution in [0.4, 0.5) is 11.5 Å². The maximum atomic E-state index is 6.10. The number of anilines is 2. The normalized spacial score (nSPS) is 10.8. The molecule has 0 aliphatic rings. The lowest BCUT2D eigenvalue weighted by atomic mass is 10.1. The van der Waals surface area contributed by atoms with Crippen LogP contribution in [0.5, 0.6) is 0 Å². The van der Waals surface area contributed by atoms with Crippen LogP contribution in [-0.2, 0) is 6.54 Å². The maximum Gasteiger partial charge on any atom is 0.150 e. The Kier molecular flexibility index (Phi) is 4.19. The minimum Gasteiger partial charge on any atom is -0.396 e. The van der Waals surface area contributed by atoms with Gasteiger partial charge in [-0.2, -0.15) is 0 Å². The molecule has 5 heteroatoms. The van der Waals surface area contributed by atoms with E-state index in [2.05, 4.69) is 38.5 Å². The van der Waals surface area contributed by atoms with Crippen LogP contribution in [0.3, 0.4) is 0 Å². The van der Waals surface area contributed by atoms with Crippen LogP contribution in [0.15, 0.2) is 67.0 Å². The third-order valence-electron chi connectivity index (χ3n) is 4.26. The van der Waals surface area contributed by atoms with Gasteiger partial charge in [-0.25, -0.2) is 4.98 Å². The molecule has 26 heavy (non-hydrogen) atoms. The van der Waals surface area contributed by atoms with E-state index in [1.165, 1.54) is 0 Å². The highest BCUT2D eigenvalue weighted by molar-refractivity contribution is 5.79. The first kappa shape index (κ1) is 16.0. The molecule has 0 aliphatic carbocycles. The van der Waals surface area contributed by atoms with Crippen molar-refractivity contribution in [2.45, 2.75) is 13.5 Å². The largest absolute Gasteiger partial charge is 0.396 e. The number of hydrogen-bond acceptors (Lipinski definition) is 5. The van der Waals surface area contributed by atoms with Crippen molar-refractivity contribution < 1.29 is 0 Å². The third-order valence-corrected chi connectivity index (χ3v) is 4.26. The minimum absolute atomic E-state index is 0.622. The zero-order valence-electron chi connectivity index (χ0n) is 14.5. The predicted molar refractivity (Wildman–Crippen MR) is 106 cm³/mol. The first-order chi connectivity index (χ1) is 12.7. The molecule has 0 fully saturated rings. The van der Waals surface area contributed by atoms with E-state index in [9.17, 15) is 0 Å². The Morgan fingerprint density at radius 3 is 2.77 bits per heavy atom. The van der Waals surface area contributed by atoms with Crippen molar-refractivity contribution in [1.29, 1.82) is 0 Å². The van der Waals surface area contributed by atoms with Gasteiger partial charge in [-0.3, -0.25) is 9.97 Å². The van der Waals surface area contributed by atoms with Crippen molar-refractivity contribution in [3.8, 4) is 11.3 Å². The molecule has 0 unspecified atom stereocenters. The lowest BCUT2D eigenvalue weighted by Crippen LogP contribution is -2.05. The SMILES string of the molecule is Cc1ccc(-c2ccc(N)c(NCc3ccc4ncccc4c3)n2)cn1. The highest BCUT2D eigenvalue weighted by Gasteiger charge is 2.06. The molecule has 4 rings (SSSR count). The highest BCUT2D eigenvalue weighted by atomic mass is 15.0. The van der Waals surface area contributed by atoms with Crippen molar-refractivity contribution in [1.82, 2.24) is 15.0 Å². The highest BCUT2D eigenvalue weighted by Crippen LogP contribution is 2.24. The van der Waals surface area contributed by atoms with Crippen molar-refractivity contribution in [2.24, 2.45) is 0 Å². The summed E-state index contributed by atoms with van der Waals surface area (Å²) in [6.45, 7) is 2.60. The van der Waals surface area contributed by atoms with E-state index in [1.54, 1.807) is 6.20 Å². The molecule has 3 N–H and O–H groups in total. The van der Waals surface area contributed by atoms with Crippen LogP contribution in [0.1, 0.15) is 11.3 Å². The number of aromatic nitrogens is 3. The summed E-state index contributed by atoms with van der Waals surface area (Å²) in [4.78, 5) is 13.3. The van der Waals surface area contributed by atoms with Gasteiger partial charge in [0, 0.05) is 35.6 Å². The van der Waals surface area contributed by atoms with Gasteiger partial charge in [0.25, 0.3) is 0 Å². The van der Waals surface area contributed by atoms with Crippen LogP contribution < -0.4 is 11.1 Å². The number of hydrogen-bond donors (Lipinski definition) is 2. The van der Waals surface area contributed by atoms with Crippen LogP contribution in [0.2, 0.25) is 0 Å². The number of nitrogen functional groups attached to an aromatic ring is 1. The van der Waals surface area contributed by atoms with Gasteiger partial charge in [0.15, 0.2) is 0 Å². The van der Waals surface area contributed by atoms with Crippen molar-refractivity contribution in [3.05, 3.63) is 78.2 Å². The standard InChI is InChI=1S/C21H19N5/c1-14-4-6-17(13-24-14)20-9-7-18(22)21(26-20)25-12-15-5-8-19-16(11-15)3-2-10-23-19/h2-11,13H,12,22H2,1H3,(H,25,26). The van der Waals surface area contributed by atoms with Gasteiger partial charge in [0.2, 0.25) is 0 Å². The second kappa shape index (κ2) is 6.80. The number of aryl methyl sites for hydroxylation is 1. The summed E-state index contributed by atoms with van der Waals surface area (Å²) in [7, 11) is 0. The van der Waals surface area contributed by atoms with Crippen molar-refractivity contribution in [2.75, 3.05) is 11.1 Å². The molecule has 0 atom stereocenters. The second-order valence-electron chi connectivity index (χ2n) is 6.21. The van der Waals surface area contributed by atoms with E-state index >= 15 is 0 Å². The van der Waals surface area contributed by atoms with Crippen LogP contribution in [0.25, 0.3) is 22.2 Å². The maximum absolute atomic E-state index is 6.10. The summed E-state index contributed by atoms with van der Waals surface area (Å²) < 4.78 is 0. The van der Waals surface area contributed by atoms with Gasteiger partial charge in [-0.15, -0.1) is 0 Å². The van der Waals surface area contributed by atoms with E-state index in [0.717, 1.165) is 33.4 Å². The molecule has 4 aromatic rings. The Morgan fingerprint density at radius 1 is 1.00 bits per heavy atom. The predicted octanol–water partition coefficient (Wildman–Crippen LogP) is 4.19. The van der Waals surface area contributed by atoms with Crippen LogP contribution in [0, 0.1) is 6.92 Å². The fourth-order valence-electron chi connectivity index (χ4n) is 2.81. The summed E-state index contributed by atoms with van der Waals surface area (Å²) in [5.41, 5.74) is 11.6. The van der Waals surface area contributed by atoms with E-state index in [4.69, 9.17) is 5.73 Å². The van der Waals surface area contributed by atoms with Gasteiger partial charge < -0.3 is 11.1 Å². The van der Waals surface area contributed by atoms with E-state index < -0.39 is 0 Å². The van der Waals surface area contributed by atoms with Crippen molar-refractivity contribution in [3.63, 3.8) is 0 Å². The molecular formula is C21H19N5. The molecule has 3 heterocycles. The number of fused-ring (bicyclic) bond motifs is 1. The van der Waals surface area contributed by atoms with Gasteiger partial charge >= 0.3 is 0 Å². The zero-order chi connectivity index (χ0) is 17.9. The smallest absolute Gasteiger partial charge is 0.150 e. The number of nitrogens with zero attached hydrogens (tertiary/aromatic N) is 3. The molecule has 0 amide bonds. The Labute approximate surface area is 152 Å². The fourth-order valence-corrected chi connectivity index (χ4v) is 2.81. The first-order valence-corrected chi connectivity index (χ1v) is 8.46. The summed E-state index contributed by atoms with van der Waals surface area (Å²) in [5.74, 6) is 0.675.